The number of hydrogen-bond donors (Lipinski definition) is 0. The molecule has 0 radical (unpaired) electrons. The molecule has 2 aromatic carbocycles. The second-order valence-electron chi connectivity index (χ2n) is 5.48. The van der Waals surface area contributed by atoms with Crippen LogP contribution in [0.15, 0.2) is 47.4 Å². The van der Waals surface area contributed by atoms with Crippen LogP contribution in [0.2, 0.25) is 5.02 Å². The number of methoxy groups -OCH3 is 1. The summed E-state index contributed by atoms with van der Waals surface area (Å²) in [4.78, 5) is 10.7. The molecule has 0 N–H and O–H groups in total. The molecule has 1 aliphatic heterocycles. The Labute approximate surface area is 160 Å². The van der Waals surface area contributed by atoms with Crippen LogP contribution in [-0.4, -0.2) is 37.1 Å². The normalized spacial score (nSPS) is 18.0. The van der Waals surface area contributed by atoms with Crippen molar-refractivity contribution < 1.29 is 18.1 Å². The number of nitro benzene ring substituents is 1. The first-order valence-corrected chi connectivity index (χ1v) is 10.4. The Morgan fingerprint density at radius 3 is 2.58 bits per heavy atom. The summed E-state index contributed by atoms with van der Waals surface area (Å²) in [6.07, 6.45) is 0. The summed E-state index contributed by atoms with van der Waals surface area (Å²) in [5, 5.41) is 10.6. The highest BCUT2D eigenvalue weighted by Gasteiger charge is 2.37. The maximum atomic E-state index is 13.0. The molecule has 7 nitrogen and oxygen atoms in total. The molecule has 0 spiro atoms. The molecule has 10 heteroatoms. The van der Waals surface area contributed by atoms with Crippen molar-refractivity contribution in [2.24, 2.45) is 0 Å². The monoisotopic (exact) mass is 414 g/mol. The Bertz CT molecular complexity index is 934. The van der Waals surface area contributed by atoms with Gasteiger partial charge in [0.1, 0.15) is 10.8 Å². The number of nitro groups is 1. The van der Waals surface area contributed by atoms with Crippen LogP contribution in [0.4, 0.5) is 5.69 Å². The molecular weight excluding hydrogens is 400 g/mol. The summed E-state index contributed by atoms with van der Waals surface area (Å²) >= 11 is 7.27. The van der Waals surface area contributed by atoms with E-state index in [0.717, 1.165) is 0 Å². The van der Waals surface area contributed by atoms with Crippen LogP contribution in [0.3, 0.4) is 0 Å². The summed E-state index contributed by atoms with van der Waals surface area (Å²) in [6, 6.07) is 10.5. The number of thioether (sulfide) groups is 1. The predicted octanol–water partition coefficient (Wildman–Crippen LogP) is 3.69. The van der Waals surface area contributed by atoms with Crippen LogP contribution in [-0.2, 0) is 10.0 Å². The standard InChI is InChI=1S/C16H15ClN2O5S2/c1-24-12-3-5-13(6-4-12)26(22,23)18-8-9-25-16(18)11-2-7-14(17)15(10-11)19(20)21/h2-7,10,16H,8-9H2,1H3/t16-/m1/s1. The molecule has 26 heavy (non-hydrogen) atoms. The van der Waals surface area contributed by atoms with Crippen LogP contribution in [0, 0.1) is 10.1 Å². The number of hydrogen-bond acceptors (Lipinski definition) is 6. The van der Waals surface area contributed by atoms with Crippen LogP contribution in [0.5, 0.6) is 5.75 Å². The van der Waals surface area contributed by atoms with Crippen LogP contribution < -0.4 is 4.74 Å². The first-order valence-electron chi connectivity index (χ1n) is 7.56. The Morgan fingerprint density at radius 1 is 1.27 bits per heavy atom. The quantitative estimate of drug-likeness (QED) is 0.547. The van der Waals surface area contributed by atoms with E-state index in [2.05, 4.69) is 0 Å². The molecule has 1 fully saturated rings. The van der Waals surface area contributed by atoms with Gasteiger partial charge in [-0.15, -0.1) is 11.8 Å². The van der Waals surface area contributed by atoms with Gasteiger partial charge in [-0.1, -0.05) is 17.7 Å². The summed E-state index contributed by atoms with van der Waals surface area (Å²) < 4.78 is 32.4. The molecule has 2 aromatic rings. The van der Waals surface area contributed by atoms with Gasteiger partial charge in [0.2, 0.25) is 10.0 Å². The molecule has 1 atom stereocenters. The summed E-state index contributed by atoms with van der Waals surface area (Å²) in [6.45, 7) is 0.320. The van der Waals surface area contributed by atoms with Gasteiger partial charge >= 0.3 is 0 Å². The van der Waals surface area contributed by atoms with Crippen molar-refractivity contribution in [3.8, 4) is 5.75 Å². The summed E-state index contributed by atoms with van der Waals surface area (Å²) in [5.41, 5.74) is 0.291. The fourth-order valence-corrected chi connectivity index (χ4v) is 6.09. The van der Waals surface area contributed by atoms with Crippen molar-refractivity contribution in [2.45, 2.75) is 10.3 Å². The minimum absolute atomic E-state index is 0.0197. The molecule has 1 heterocycles. The zero-order valence-electron chi connectivity index (χ0n) is 13.7. The van der Waals surface area contributed by atoms with E-state index in [1.54, 1.807) is 18.2 Å². The van der Waals surface area contributed by atoms with Crippen molar-refractivity contribution in [1.82, 2.24) is 4.31 Å². The molecule has 0 unspecified atom stereocenters. The van der Waals surface area contributed by atoms with Gasteiger partial charge in [-0.25, -0.2) is 8.42 Å². The lowest BCUT2D eigenvalue weighted by Gasteiger charge is -2.23. The first kappa shape index (κ1) is 19.0. The second-order valence-corrected chi connectivity index (χ2v) is 8.97. The molecule has 1 saturated heterocycles. The third kappa shape index (κ3) is 3.52. The average molecular weight is 415 g/mol. The molecule has 0 bridgehead atoms. The number of ether oxygens (including phenoxy) is 1. The van der Waals surface area contributed by atoms with Gasteiger partial charge in [0.25, 0.3) is 5.69 Å². The predicted molar refractivity (Wildman–Crippen MR) is 100 cm³/mol. The Balaban J connectivity index is 1.97. The van der Waals surface area contributed by atoms with Gasteiger partial charge in [-0.3, -0.25) is 10.1 Å². The molecule has 1 aliphatic rings. The Hall–Kier alpha value is -1.81. The Kier molecular flexibility index (Phi) is 5.42. The molecule has 138 valence electrons. The van der Waals surface area contributed by atoms with Gasteiger partial charge in [-0.2, -0.15) is 4.31 Å². The van der Waals surface area contributed by atoms with Crippen molar-refractivity contribution in [3.05, 3.63) is 63.2 Å². The molecule has 0 aromatic heterocycles. The maximum Gasteiger partial charge on any atom is 0.288 e. The fourth-order valence-electron chi connectivity index (χ4n) is 2.67. The maximum absolute atomic E-state index is 13.0. The van der Waals surface area contributed by atoms with Crippen molar-refractivity contribution >= 4 is 39.1 Å². The zero-order valence-corrected chi connectivity index (χ0v) is 16.1. The number of benzene rings is 2. The van der Waals surface area contributed by atoms with Gasteiger partial charge in [0.15, 0.2) is 0 Å². The van der Waals surface area contributed by atoms with E-state index in [1.807, 2.05) is 0 Å². The summed E-state index contributed by atoms with van der Waals surface area (Å²) in [7, 11) is -2.25. The van der Waals surface area contributed by atoms with E-state index in [0.29, 0.717) is 23.6 Å². The molecular formula is C16H15ClN2O5S2. The lowest BCUT2D eigenvalue weighted by atomic mass is 10.2. The zero-order chi connectivity index (χ0) is 18.9. The third-order valence-electron chi connectivity index (χ3n) is 3.97. The van der Waals surface area contributed by atoms with Gasteiger partial charge in [-0.05, 0) is 35.9 Å². The molecule has 0 amide bonds. The number of rotatable bonds is 5. The first-order chi connectivity index (χ1) is 12.3. The number of halogens is 1. The third-order valence-corrected chi connectivity index (χ3v) is 7.56. The SMILES string of the molecule is COc1ccc(S(=O)(=O)N2CCS[C@@H]2c2ccc(Cl)c([N+](=O)[O-])c2)cc1. The van der Waals surface area contributed by atoms with E-state index < -0.39 is 20.3 Å². The number of sulfonamides is 1. The van der Waals surface area contributed by atoms with Crippen molar-refractivity contribution in [2.75, 3.05) is 19.4 Å². The van der Waals surface area contributed by atoms with Crippen molar-refractivity contribution in [1.29, 1.82) is 0 Å². The van der Waals surface area contributed by atoms with E-state index >= 15 is 0 Å². The highest BCUT2D eigenvalue weighted by Crippen LogP contribution is 2.43. The van der Waals surface area contributed by atoms with Crippen LogP contribution in [0.1, 0.15) is 10.9 Å². The van der Waals surface area contributed by atoms with Gasteiger partial charge in [0.05, 0.1) is 22.3 Å². The molecule has 0 aliphatic carbocycles. The van der Waals surface area contributed by atoms with Crippen LogP contribution >= 0.6 is 23.4 Å². The minimum atomic E-state index is -3.75. The lowest BCUT2D eigenvalue weighted by Crippen LogP contribution is -2.30. The van der Waals surface area contributed by atoms with E-state index in [9.17, 15) is 18.5 Å². The van der Waals surface area contributed by atoms with Gasteiger partial charge < -0.3 is 4.74 Å². The fraction of sp³-hybridized carbons (Fsp3) is 0.250. The lowest BCUT2D eigenvalue weighted by molar-refractivity contribution is -0.384. The molecule has 3 rings (SSSR count). The highest BCUT2D eigenvalue weighted by atomic mass is 35.5. The topological polar surface area (TPSA) is 89.8 Å². The van der Waals surface area contributed by atoms with E-state index in [4.69, 9.17) is 16.3 Å². The van der Waals surface area contributed by atoms with E-state index in [-0.39, 0.29) is 15.6 Å². The Morgan fingerprint density at radius 2 is 1.96 bits per heavy atom. The highest BCUT2D eigenvalue weighted by molar-refractivity contribution is 8.01. The van der Waals surface area contributed by atoms with Crippen LogP contribution in [0.25, 0.3) is 0 Å². The van der Waals surface area contributed by atoms with Gasteiger partial charge in [0, 0.05) is 18.4 Å². The summed E-state index contributed by atoms with van der Waals surface area (Å²) in [5.74, 6) is 1.15. The smallest absolute Gasteiger partial charge is 0.288 e. The second kappa shape index (κ2) is 7.43. The minimum Gasteiger partial charge on any atom is -0.497 e. The number of nitrogens with zero attached hydrogens (tertiary/aromatic N) is 2. The largest absolute Gasteiger partial charge is 0.497 e. The van der Waals surface area contributed by atoms with Crippen molar-refractivity contribution in [3.63, 3.8) is 0 Å². The molecule has 0 saturated carbocycles. The van der Waals surface area contributed by atoms with E-state index in [1.165, 1.54) is 47.4 Å². The average Bonchev–Trinajstić information content (AvgIpc) is 3.12.